The van der Waals surface area contributed by atoms with Crippen molar-refractivity contribution in [2.75, 3.05) is 26.8 Å². The van der Waals surface area contributed by atoms with E-state index in [4.69, 9.17) is 11.2 Å². The van der Waals surface area contributed by atoms with Crippen LogP contribution in [0.5, 0.6) is 0 Å². The van der Waals surface area contributed by atoms with E-state index in [2.05, 4.69) is 5.92 Å². The van der Waals surface area contributed by atoms with Gasteiger partial charge in [-0.05, 0) is 6.92 Å². The van der Waals surface area contributed by atoms with Crippen LogP contribution >= 0.6 is 0 Å². The van der Waals surface area contributed by atoms with Crippen molar-refractivity contribution < 1.29 is 9.53 Å². The Kier molecular flexibility index (Phi) is 6.12. The maximum Gasteiger partial charge on any atom is 0.225 e. The van der Waals surface area contributed by atoms with E-state index in [0.717, 1.165) is 0 Å². The molecule has 0 bridgehead atoms. The van der Waals surface area contributed by atoms with Crippen LogP contribution in [0, 0.1) is 12.3 Å². The van der Waals surface area contributed by atoms with Gasteiger partial charge in [-0.2, -0.15) is 0 Å². The van der Waals surface area contributed by atoms with E-state index < -0.39 is 0 Å². The fourth-order valence-corrected chi connectivity index (χ4v) is 0.834. The molecule has 0 spiro atoms. The second-order valence-corrected chi connectivity index (χ2v) is 2.35. The van der Waals surface area contributed by atoms with E-state index in [1.807, 2.05) is 6.92 Å². The fourth-order valence-electron chi connectivity index (χ4n) is 0.834. The lowest BCUT2D eigenvalue weighted by Crippen LogP contribution is -2.31. The van der Waals surface area contributed by atoms with Gasteiger partial charge < -0.3 is 9.64 Å². The molecule has 0 fully saturated rings. The Morgan fingerprint density at radius 3 is 2.75 bits per heavy atom. The predicted molar refractivity (Wildman–Crippen MR) is 47.6 cm³/mol. The Balaban J connectivity index is 3.79. The van der Waals surface area contributed by atoms with Crippen LogP contribution in [0.1, 0.15) is 13.3 Å². The first kappa shape index (κ1) is 11.0. The van der Waals surface area contributed by atoms with Gasteiger partial charge >= 0.3 is 0 Å². The van der Waals surface area contributed by atoms with Crippen molar-refractivity contribution in [1.82, 2.24) is 4.90 Å². The summed E-state index contributed by atoms with van der Waals surface area (Å²) in [5.74, 6) is 2.49. The van der Waals surface area contributed by atoms with E-state index >= 15 is 0 Å². The molecule has 12 heavy (non-hydrogen) atoms. The maximum absolute atomic E-state index is 11.3. The topological polar surface area (TPSA) is 29.5 Å². The highest BCUT2D eigenvalue weighted by molar-refractivity contribution is 5.76. The molecule has 0 rings (SSSR count). The fraction of sp³-hybridized carbons (Fsp3) is 0.667. The first-order valence-electron chi connectivity index (χ1n) is 3.96. The predicted octanol–water partition coefficient (Wildman–Crippen LogP) is 0.505. The van der Waals surface area contributed by atoms with Crippen LogP contribution < -0.4 is 0 Å². The van der Waals surface area contributed by atoms with Gasteiger partial charge in [-0.15, -0.1) is 6.42 Å². The zero-order chi connectivity index (χ0) is 9.40. The van der Waals surface area contributed by atoms with Crippen molar-refractivity contribution in [3.63, 3.8) is 0 Å². The van der Waals surface area contributed by atoms with Gasteiger partial charge in [0.25, 0.3) is 0 Å². The molecule has 0 aliphatic carbocycles. The van der Waals surface area contributed by atoms with Crippen molar-refractivity contribution in [2.24, 2.45) is 0 Å². The molecule has 0 aromatic rings. The molecular weight excluding hydrogens is 154 g/mol. The number of terminal acetylenes is 1. The highest BCUT2D eigenvalue weighted by atomic mass is 16.5. The lowest BCUT2D eigenvalue weighted by atomic mass is 10.3. The molecule has 0 saturated carbocycles. The van der Waals surface area contributed by atoms with Crippen LogP contribution in [0.2, 0.25) is 0 Å². The molecule has 0 radical (unpaired) electrons. The quantitative estimate of drug-likeness (QED) is 0.561. The molecular formula is C9H15NO2. The van der Waals surface area contributed by atoms with E-state index in [1.54, 1.807) is 12.0 Å². The van der Waals surface area contributed by atoms with E-state index in [9.17, 15) is 4.79 Å². The molecule has 0 atom stereocenters. The Bertz CT molecular complexity index is 172. The molecule has 0 heterocycles. The van der Waals surface area contributed by atoms with E-state index in [-0.39, 0.29) is 5.91 Å². The second kappa shape index (κ2) is 6.68. The standard InChI is InChI=1S/C9H15NO2/c1-4-7-10(5-2)9(11)6-8-12-3/h1H,5-8H2,2-3H3. The number of rotatable bonds is 5. The van der Waals surface area contributed by atoms with Crippen molar-refractivity contribution in [3.05, 3.63) is 0 Å². The number of nitrogens with zero attached hydrogens (tertiary/aromatic N) is 1. The summed E-state index contributed by atoms with van der Waals surface area (Å²) in [5, 5.41) is 0. The summed E-state index contributed by atoms with van der Waals surface area (Å²) >= 11 is 0. The second-order valence-electron chi connectivity index (χ2n) is 2.35. The zero-order valence-corrected chi connectivity index (χ0v) is 7.67. The largest absolute Gasteiger partial charge is 0.384 e. The molecule has 0 aliphatic heterocycles. The number of hydrogen-bond acceptors (Lipinski definition) is 2. The normalized spacial score (nSPS) is 9.08. The highest BCUT2D eigenvalue weighted by Crippen LogP contribution is 1.93. The Hall–Kier alpha value is -1.01. The summed E-state index contributed by atoms with van der Waals surface area (Å²) in [6.07, 6.45) is 5.51. The third kappa shape index (κ3) is 3.99. The maximum atomic E-state index is 11.3. The number of methoxy groups -OCH3 is 1. The zero-order valence-electron chi connectivity index (χ0n) is 7.67. The minimum Gasteiger partial charge on any atom is -0.384 e. The molecule has 0 unspecified atom stereocenters. The minimum absolute atomic E-state index is 0.0531. The summed E-state index contributed by atoms with van der Waals surface area (Å²) in [5.41, 5.74) is 0. The minimum atomic E-state index is 0.0531. The van der Waals surface area contributed by atoms with Crippen LogP contribution in [-0.2, 0) is 9.53 Å². The van der Waals surface area contributed by atoms with Gasteiger partial charge in [0.1, 0.15) is 0 Å². The number of ether oxygens (including phenoxy) is 1. The molecule has 0 N–H and O–H groups in total. The summed E-state index contributed by atoms with van der Waals surface area (Å²) in [4.78, 5) is 12.9. The van der Waals surface area contributed by atoms with Gasteiger partial charge in [-0.3, -0.25) is 4.79 Å². The van der Waals surface area contributed by atoms with Crippen molar-refractivity contribution >= 4 is 5.91 Å². The van der Waals surface area contributed by atoms with Gasteiger partial charge in [0.05, 0.1) is 19.6 Å². The summed E-state index contributed by atoms with van der Waals surface area (Å²) < 4.78 is 4.79. The lowest BCUT2D eigenvalue weighted by molar-refractivity contribution is -0.131. The molecule has 0 aromatic heterocycles. The molecule has 0 saturated heterocycles. The number of carbonyl (C=O) groups excluding carboxylic acids is 1. The van der Waals surface area contributed by atoms with E-state index in [0.29, 0.717) is 26.1 Å². The van der Waals surface area contributed by atoms with E-state index in [1.165, 1.54) is 0 Å². The third-order valence-electron chi connectivity index (χ3n) is 1.54. The average molecular weight is 169 g/mol. The molecule has 68 valence electrons. The van der Waals surface area contributed by atoms with Gasteiger partial charge in [0, 0.05) is 13.7 Å². The first-order valence-corrected chi connectivity index (χ1v) is 3.96. The van der Waals surface area contributed by atoms with Gasteiger partial charge in [-0.25, -0.2) is 0 Å². The van der Waals surface area contributed by atoms with Crippen molar-refractivity contribution in [3.8, 4) is 12.3 Å². The summed E-state index contributed by atoms with van der Waals surface area (Å²) in [6.45, 7) is 3.41. The Labute approximate surface area is 73.7 Å². The number of amides is 1. The Morgan fingerprint density at radius 2 is 2.33 bits per heavy atom. The monoisotopic (exact) mass is 169 g/mol. The van der Waals surface area contributed by atoms with Crippen molar-refractivity contribution in [1.29, 1.82) is 0 Å². The van der Waals surface area contributed by atoms with Crippen molar-refractivity contribution in [2.45, 2.75) is 13.3 Å². The van der Waals surface area contributed by atoms with Gasteiger partial charge in [-0.1, -0.05) is 5.92 Å². The van der Waals surface area contributed by atoms with Gasteiger partial charge in [0.15, 0.2) is 0 Å². The number of hydrogen-bond donors (Lipinski definition) is 0. The van der Waals surface area contributed by atoms with Gasteiger partial charge in [0.2, 0.25) is 5.91 Å². The van der Waals surface area contributed by atoms with Crippen LogP contribution in [-0.4, -0.2) is 37.6 Å². The number of carbonyl (C=O) groups is 1. The highest BCUT2D eigenvalue weighted by Gasteiger charge is 2.08. The first-order chi connectivity index (χ1) is 5.76. The van der Waals surface area contributed by atoms with Crippen LogP contribution in [0.15, 0.2) is 0 Å². The SMILES string of the molecule is C#CCN(CC)C(=O)CCOC. The molecule has 3 heteroatoms. The van der Waals surface area contributed by atoms with Crippen LogP contribution in [0.4, 0.5) is 0 Å². The van der Waals surface area contributed by atoms with Crippen LogP contribution in [0.3, 0.4) is 0 Å². The summed E-state index contributed by atoms with van der Waals surface area (Å²) in [6, 6.07) is 0. The van der Waals surface area contributed by atoms with Crippen LogP contribution in [0.25, 0.3) is 0 Å². The lowest BCUT2D eigenvalue weighted by Gasteiger charge is -2.17. The Morgan fingerprint density at radius 1 is 1.67 bits per heavy atom. The molecule has 0 aliphatic rings. The molecule has 3 nitrogen and oxygen atoms in total. The molecule has 1 amide bonds. The summed E-state index contributed by atoms with van der Waals surface area (Å²) in [7, 11) is 1.57. The third-order valence-corrected chi connectivity index (χ3v) is 1.54. The smallest absolute Gasteiger partial charge is 0.225 e. The average Bonchev–Trinajstić information content (AvgIpc) is 2.10. The molecule has 0 aromatic carbocycles.